The van der Waals surface area contributed by atoms with E-state index in [9.17, 15) is 0 Å². The van der Waals surface area contributed by atoms with Gasteiger partial charge in [-0.05, 0) is 61.7 Å². The summed E-state index contributed by atoms with van der Waals surface area (Å²) in [5.74, 6) is 6.06. The second-order valence-electron chi connectivity index (χ2n) is 7.95. The quantitative estimate of drug-likeness (QED) is 0.884. The smallest absolute Gasteiger partial charge is 0.123 e. The number of nitrogens with zero attached hydrogens (tertiary/aromatic N) is 1. The first-order valence-electron chi connectivity index (χ1n) is 8.42. The average molecular weight is 273 g/mol. The summed E-state index contributed by atoms with van der Waals surface area (Å²) in [6.45, 7) is 4.32. The van der Waals surface area contributed by atoms with Crippen LogP contribution in [-0.2, 0) is 0 Å². The first kappa shape index (κ1) is 12.9. The Kier molecular flexibility index (Phi) is 2.95. The third-order valence-electron chi connectivity index (χ3n) is 6.23. The van der Waals surface area contributed by atoms with E-state index in [2.05, 4.69) is 30.0 Å². The number of H-pyrrole nitrogens is 1. The van der Waals surface area contributed by atoms with Crippen molar-refractivity contribution in [2.24, 2.45) is 35.3 Å². The first-order chi connectivity index (χ1) is 9.61. The summed E-state index contributed by atoms with van der Waals surface area (Å²) in [4.78, 5) is 8.18. The molecule has 0 radical (unpaired) electrons. The third-order valence-corrected chi connectivity index (χ3v) is 6.23. The maximum absolute atomic E-state index is 6.23. The number of aromatic amines is 1. The minimum absolute atomic E-state index is 0.0422. The summed E-state index contributed by atoms with van der Waals surface area (Å²) >= 11 is 0. The van der Waals surface area contributed by atoms with Gasteiger partial charge in [0.2, 0.25) is 0 Å². The summed E-state index contributed by atoms with van der Waals surface area (Å²) in [6, 6.07) is 0.0422. The Morgan fingerprint density at radius 2 is 1.70 bits per heavy atom. The molecule has 0 spiro atoms. The molecule has 20 heavy (non-hydrogen) atoms. The standard InChI is InChI=1S/C17H27N3/c1-9(2)16(18)17-19-8-14(20-17)15-12-4-10-3-11(6-12)7-13(15)5-10/h8-13,15-16H,3-7,18H2,1-2H3,(H,19,20). The minimum Gasteiger partial charge on any atom is -0.344 e. The van der Waals surface area contributed by atoms with E-state index in [1.165, 1.54) is 37.8 Å². The van der Waals surface area contributed by atoms with Gasteiger partial charge >= 0.3 is 0 Å². The molecule has 3 N–H and O–H groups in total. The zero-order valence-corrected chi connectivity index (χ0v) is 12.7. The van der Waals surface area contributed by atoms with Crippen LogP contribution in [0, 0.1) is 29.6 Å². The molecule has 3 heteroatoms. The van der Waals surface area contributed by atoms with E-state index in [4.69, 9.17) is 5.73 Å². The van der Waals surface area contributed by atoms with Crippen molar-refractivity contribution in [3.63, 3.8) is 0 Å². The molecule has 0 amide bonds. The fourth-order valence-electron chi connectivity index (χ4n) is 5.44. The van der Waals surface area contributed by atoms with Crippen LogP contribution in [0.1, 0.15) is 69.4 Å². The van der Waals surface area contributed by atoms with Crippen molar-refractivity contribution in [2.75, 3.05) is 0 Å². The highest BCUT2D eigenvalue weighted by Crippen LogP contribution is 2.59. The molecule has 1 aromatic rings. The van der Waals surface area contributed by atoms with Crippen LogP contribution in [-0.4, -0.2) is 9.97 Å². The fraction of sp³-hybridized carbons (Fsp3) is 0.824. The maximum Gasteiger partial charge on any atom is 0.123 e. The third kappa shape index (κ3) is 1.93. The number of aromatic nitrogens is 2. The highest BCUT2D eigenvalue weighted by molar-refractivity contribution is 5.17. The predicted molar refractivity (Wildman–Crippen MR) is 80.1 cm³/mol. The van der Waals surface area contributed by atoms with Crippen LogP contribution in [0.25, 0.3) is 0 Å². The molecule has 1 unspecified atom stereocenters. The van der Waals surface area contributed by atoms with Gasteiger partial charge < -0.3 is 10.7 Å². The van der Waals surface area contributed by atoms with E-state index in [-0.39, 0.29) is 6.04 Å². The van der Waals surface area contributed by atoms with E-state index in [1.54, 1.807) is 0 Å². The Morgan fingerprint density at radius 3 is 2.25 bits per heavy atom. The van der Waals surface area contributed by atoms with Gasteiger partial charge in [-0.1, -0.05) is 13.8 Å². The molecule has 0 aromatic carbocycles. The number of rotatable bonds is 3. The summed E-state index contributed by atoms with van der Waals surface area (Å²) in [5.41, 5.74) is 7.61. The number of nitrogens with one attached hydrogen (secondary N) is 1. The minimum atomic E-state index is 0.0422. The van der Waals surface area contributed by atoms with Crippen molar-refractivity contribution in [3.8, 4) is 0 Å². The lowest BCUT2D eigenvalue weighted by Gasteiger charge is -2.54. The largest absolute Gasteiger partial charge is 0.344 e. The molecule has 4 fully saturated rings. The Morgan fingerprint density at radius 1 is 1.10 bits per heavy atom. The lowest BCUT2D eigenvalue weighted by atomic mass is 9.51. The van der Waals surface area contributed by atoms with Gasteiger partial charge in [0.25, 0.3) is 0 Å². The van der Waals surface area contributed by atoms with Crippen LogP contribution in [0.15, 0.2) is 6.20 Å². The summed E-state index contributed by atoms with van der Waals surface area (Å²) in [7, 11) is 0. The molecule has 0 saturated heterocycles. The van der Waals surface area contributed by atoms with Crippen molar-refractivity contribution in [2.45, 2.75) is 57.9 Å². The van der Waals surface area contributed by atoms with Crippen molar-refractivity contribution < 1.29 is 0 Å². The van der Waals surface area contributed by atoms with Crippen LogP contribution < -0.4 is 5.73 Å². The normalized spacial score (nSPS) is 40.5. The van der Waals surface area contributed by atoms with Gasteiger partial charge in [-0.2, -0.15) is 0 Å². The van der Waals surface area contributed by atoms with Crippen LogP contribution >= 0.6 is 0 Å². The van der Waals surface area contributed by atoms with E-state index < -0.39 is 0 Å². The summed E-state index contributed by atoms with van der Waals surface area (Å²) in [6.07, 6.45) is 9.45. The number of nitrogens with two attached hydrogens (primary N) is 1. The molecule has 4 saturated carbocycles. The lowest BCUT2D eigenvalue weighted by Crippen LogP contribution is -2.43. The van der Waals surface area contributed by atoms with Gasteiger partial charge in [-0.15, -0.1) is 0 Å². The van der Waals surface area contributed by atoms with Gasteiger partial charge in [0, 0.05) is 17.8 Å². The second-order valence-corrected chi connectivity index (χ2v) is 7.95. The monoisotopic (exact) mass is 273 g/mol. The zero-order chi connectivity index (χ0) is 13.9. The fourth-order valence-corrected chi connectivity index (χ4v) is 5.44. The molecule has 4 bridgehead atoms. The Labute approximate surface area is 121 Å². The molecule has 110 valence electrons. The molecular weight excluding hydrogens is 246 g/mol. The van der Waals surface area contributed by atoms with Gasteiger partial charge in [-0.25, -0.2) is 4.98 Å². The van der Waals surface area contributed by atoms with E-state index >= 15 is 0 Å². The first-order valence-corrected chi connectivity index (χ1v) is 8.42. The summed E-state index contributed by atoms with van der Waals surface area (Å²) < 4.78 is 0. The molecule has 4 aliphatic rings. The van der Waals surface area contributed by atoms with Gasteiger partial charge in [-0.3, -0.25) is 0 Å². The molecule has 0 aliphatic heterocycles. The number of hydrogen-bond donors (Lipinski definition) is 2. The Balaban J connectivity index is 1.59. The SMILES string of the molecule is CC(C)C(N)c1ncc(C2C3CC4CC(C3)CC2C4)[nH]1. The van der Waals surface area contributed by atoms with Gasteiger partial charge in [0.05, 0.1) is 6.04 Å². The van der Waals surface area contributed by atoms with Crippen LogP contribution in [0.4, 0.5) is 0 Å². The maximum atomic E-state index is 6.23. The lowest BCUT2D eigenvalue weighted by molar-refractivity contribution is -0.00407. The molecule has 4 aliphatic carbocycles. The van der Waals surface area contributed by atoms with Crippen molar-refractivity contribution in [3.05, 3.63) is 17.7 Å². The highest BCUT2D eigenvalue weighted by Gasteiger charge is 2.49. The van der Waals surface area contributed by atoms with Gasteiger partial charge in [0.1, 0.15) is 5.82 Å². The second kappa shape index (κ2) is 4.59. The van der Waals surface area contributed by atoms with Crippen molar-refractivity contribution in [1.82, 2.24) is 9.97 Å². The van der Waals surface area contributed by atoms with E-state index in [0.717, 1.165) is 35.4 Å². The van der Waals surface area contributed by atoms with Gasteiger partial charge in [0.15, 0.2) is 0 Å². The van der Waals surface area contributed by atoms with E-state index in [1.807, 2.05) is 0 Å². The molecule has 5 rings (SSSR count). The van der Waals surface area contributed by atoms with Crippen LogP contribution in [0.3, 0.4) is 0 Å². The molecule has 1 atom stereocenters. The zero-order valence-electron chi connectivity index (χ0n) is 12.7. The van der Waals surface area contributed by atoms with Crippen LogP contribution in [0.5, 0.6) is 0 Å². The topological polar surface area (TPSA) is 54.7 Å². The van der Waals surface area contributed by atoms with Crippen molar-refractivity contribution >= 4 is 0 Å². The summed E-state index contributed by atoms with van der Waals surface area (Å²) in [5, 5.41) is 0. The molecule has 1 heterocycles. The Hall–Kier alpha value is -0.830. The van der Waals surface area contributed by atoms with Crippen LogP contribution in [0.2, 0.25) is 0 Å². The number of imidazole rings is 1. The average Bonchev–Trinajstić information content (AvgIpc) is 2.85. The number of hydrogen-bond acceptors (Lipinski definition) is 2. The van der Waals surface area contributed by atoms with Crippen molar-refractivity contribution in [1.29, 1.82) is 0 Å². The Bertz CT molecular complexity index is 462. The van der Waals surface area contributed by atoms with E-state index in [0.29, 0.717) is 5.92 Å². The molecule has 3 nitrogen and oxygen atoms in total. The molecular formula is C17H27N3. The predicted octanol–water partition coefficient (Wildman–Crippen LogP) is 3.61. The highest BCUT2D eigenvalue weighted by atomic mass is 15.0. The molecule has 1 aromatic heterocycles.